The van der Waals surface area contributed by atoms with Gasteiger partial charge in [-0.2, -0.15) is 0 Å². The lowest BCUT2D eigenvalue weighted by Gasteiger charge is -2.32. The summed E-state index contributed by atoms with van der Waals surface area (Å²) in [6.07, 6.45) is 5.64. The second kappa shape index (κ2) is 11.8. The maximum absolute atomic E-state index is 12.6. The van der Waals surface area contributed by atoms with Crippen molar-refractivity contribution >= 4 is 40.9 Å². The van der Waals surface area contributed by atoms with Crippen molar-refractivity contribution in [3.05, 3.63) is 82.4 Å². The van der Waals surface area contributed by atoms with E-state index in [4.69, 9.17) is 27.9 Å². The number of carbonyl (C=O) groups is 1. The van der Waals surface area contributed by atoms with Crippen LogP contribution in [0.15, 0.2) is 60.9 Å². The van der Waals surface area contributed by atoms with Crippen LogP contribution < -0.4 is 4.74 Å². The van der Waals surface area contributed by atoms with Gasteiger partial charge in [0.25, 0.3) is 0 Å². The Labute approximate surface area is 209 Å². The number of aromatic nitrogens is 2. The molecule has 0 bridgehead atoms. The first-order valence-corrected chi connectivity index (χ1v) is 13.0. The number of likely N-dealkylation sites (tertiary alicyclic amines) is 1. The van der Waals surface area contributed by atoms with E-state index in [1.54, 1.807) is 17.8 Å². The number of para-hydroxylation sites is 1. The average Bonchev–Trinajstić information content (AvgIpc) is 3.30. The summed E-state index contributed by atoms with van der Waals surface area (Å²) in [6.45, 7) is 2.75. The Kier molecular flexibility index (Phi) is 8.59. The zero-order valence-corrected chi connectivity index (χ0v) is 20.7. The van der Waals surface area contributed by atoms with Gasteiger partial charge in [-0.05, 0) is 48.7 Å². The highest BCUT2D eigenvalue weighted by atomic mass is 35.5. The van der Waals surface area contributed by atoms with Gasteiger partial charge in [0.2, 0.25) is 5.91 Å². The van der Waals surface area contributed by atoms with Crippen LogP contribution in [-0.4, -0.2) is 51.6 Å². The molecule has 1 aliphatic rings. The fraction of sp³-hybridized carbons (Fsp3) is 0.360. The van der Waals surface area contributed by atoms with Gasteiger partial charge in [-0.1, -0.05) is 41.4 Å². The van der Waals surface area contributed by atoms with E-state index in [1.165, 1.54) is 0 Å². The van der Waals surface area contributed by atoms with E-state index < -0.39 is 0 Å². The van der Waals surface area contributed by atoms with Gasteiger partial charge in [-0.3, -0.25) is 4.79 Å². The second-order valence-corrected chi connectivity index (χ2v) is 9.97. The van der Waals surface area contributed by atoms with Crippen molar-refractivity contribution in [3.8, 4) is 5.75 Å². The standard InChI is InChI=1S/C25H27Cl2N3O2S/c26-21-6-7-23(27)20(16-21)17-30-13-10-28-25(30)19-8-11-29(12-9-19)24(31)18-33-15-14-32-22-4-2-1-3-5-22/h1-7,10,13,16,19H,8-9,11-12,14-15,17-18H2. The Balaban J connectivity index is 1.22. The minimum absolute atomic E-state index is 0.201. The molecule has 4 rings (SSSR count). The number of halogens is 2. The van der Waals surface area contributed by atoms with Crippen LogP contribution in [0.4, 0.5) is 0 Å². The maximum Gasteiger partial charge on any atom is 0.232 e. The molecule has 1 fully saturated rings. The summed E-state index contributed by atoms with van der Waals surface area (Å²) >= 11 is 14.1. The number of nitrogens with zero attached hydrogens (tertiary/aromatic N) is 3. The van der Waals surface area contributed by atoms with Crippen LogP contribution in [0.1, 0.15) is 30.1 Å². The zero-order valence-electron chi connectivity index (χ0n) is 18.3. The molecule has 0 N–H and O–H groups in total. The van der Waals surface area contributed by atoms with E-state index in [0.29, 0.717) is 34.9 Å². The molecule has 174 valence electrons. The van der Waals surface area contributed by atoms with Crippen LogP contribution in [0.3, 0.4) is 0 Å². The van der Waals surface area contributed by atoms with Gasteiger partial charge in [0.15, 0.2) is 0 Å². The highest BCUT2D eigenvalue weighted by Gasteiger charge is 2.26. The Hall–Kier alpha value is -2.15. The molecule has 5 nitrogen and oxygen atoms in total. The smallest absolute Gasteiger partial charge is 0.232 e. The Morgan fingerprint density at radius 2 is 1.91 bits per heavy atom. The van der Waals surface area contributed by atoms with Crippen molar-refractivity contribution in [1.82, 2.24) is 14.5 Å². The number of rotatable bonds is 9. The largest absolute Gasteiger partial charge is 0.493 e. The normalized spacial score (nSPS) is 14.4. The molecule has 0 spiro atoms. The van der Waals surface area contributed by atoms with Crippen molar-refractivity contribution in [2.45, 2.75) is 25.3 Å². The van der Waals surface area contributed by atoms with Crippen LogP contribution in [-0.2, 0) is 11.3 Å². The Morgan fingerprint density at radius 1 is 1.12 bits per heavy atom. The molecule has 33 heavy (non-hydrogen) atoms. The highest BCUT2D eigenvalue weighted by molar-refractivity contribution is 7.99. The van der Waals surface area contributed by atoms with Crippen molar-refractivity contribution < 1.29 is 9.53 Å². The van der Waals surface area contributed by atoms with Crippen molar-refractivity contribution in [2.24, 2.45) is 0 Å². The van der Waals surface area contributed by atoms with Gasteiger partial charge < -0.3 is 14.2 Å². The van der Waals surface area contributed by atoms with Gasteiger partial charge >= 0.3 is 0 Å². The summed E-state index contributed by atoms with van der Waals surface area (Å²) in [6, 6.07) is 15.3. The summed E-state index contributed by atoms with van der Waals surface area (Å²) < 4.78 is 7.83. The molecule has 0 atom stereocenters. The summed E-state index contributed by atoms with van der Waals surface area (Å²) in [5, 5.41) is 1.37. The minimum atomic E-state index is 0.201. The van der Waals surface area contributed by atoms with E-state index in [9.17, 15) is 4.79 Å². The molecule has 1 aromatic heterocycles. The Bertz CT molecular complexity index is 1050. The molecule has 1 saturated heterocycles. The monoisotopic (exact) mass is 503 g/mol. The second-order valence-electron chi connectivity index (χ2n) is 8.02. The molecule has 1 amide bonds. The van der Waals surface area contributed by atoms with Gasteiger partial charge in [0.1, 0.15) is 11.6 Å². The molecule has 0 saturated carbocycles. The lowest BCUT2D eigenvalue weighted by molar-refractivity contribution is -0.129. The fourth-order valence-corrected chi connectivity index (χ4v) is 5.11. The van der Waals surface area contributed by atoms with Gasteiger partial charge in [-0.15, -0.1) is 11.8 Å². The third kappa shape index (κ3) is 6.69. The number of hydrogen-bond acceptors (Lipinski definition) is 4. The number of carbonyl (C=O) groups excluding carboxylic acids is 1. The van der Waals surface area contributed by atoms with E-state index in [1.807, 2.05) is 59.8 Å². The predicted molar refractivity (Wildman–Crippen MR) is 136 cm³/mol. The molecule has 0 radical (unpaired) electrons. The number of imidazole rings is 1. The zero-order chi connectivity index (χ0) is 23.0. The van der Waals surface area contributed by atoms with E-state index in [2.05, 4.69) is 9.55 Å². The summed E-state index contributed by atoms with van der Waals surface area (Å²) in [5.41, 5.74) is 0.976. The number of ether oxygens (including phenoxy) is 1. The molecule has 3 aromatic rings. The Morgan fingerprint density at radius 3 is 2.70 bits per heavy atom. The van der Waals surface area contributed by atoms with Crippen LogP contribution in [0.25, 0.3) is 0 Å². The number of benzene rings is 2. The van der Waals surface area contributed by atoms with Crippen LogP contribution >= 0.6 is 35.0 Å². The lowest BCUT2D eigenvalue weighted by Crippen LogP contribution is -2.39. The first-order valence-electron chi connectivity index (χ1n) is 11.1. The topological polar surface area (TPSA) is 47.4 Å². The fourth-order valence-electron chi connectivity index (χ4n) is 4.04. The van der Waals surface area contributed by atoms with Crippen LogP contribution in [0, 0.1) is 0 Å². The molecular formula is C25H27Cl2N3O2S. The quantitative estimate of drug-likeness (QED) is 0.348. The number of thioether (sulfide) groups is 1. The van der Waals surface area contributed by atoms with E-state index >= 15 is 0 Å². The number of amides is 1. The van der Waals surface area contributed by atoms with Gasteiger partial charge in [-0.25, -0.2) is 4.98 Å². The van der Waals surface area contributed by atoms with E-state index in [0.717, 1.165) is 48.8 Å². The molecule has 2 heterocycles. The van der Waals surface area contributed by atoms with Gasteiger partial charge in [0.05, 0.1) is 18.9 Å². The predicted octanol–water partition coefficient (Wildman–Crippen LogP) is 5.76. The third-order valence-electron chi connectivity index (χ3n) is 5.77. The first kappa shape index (κ1) is 24.0. The van der Waals surface area contributed by atoms with Gasteiger partial charge in [0, 0.05) is 47.2 Å². The number of piperidine rings is 1. The third-order valence-corrected chi connectivity index (χ3v) is 7.28. The minimum Gasteiger partial charge on any atom is -0.493 e. The summed E-state index contributed by atoms with van der Waals surface area (Å²) in [5.74, 6) is 3.72. The SMILES string of the molecule is O=C(CSCCOc1ccccc1)N1CCC(c2nccn2Cc2cc(Cl)ccc2Cl)CC1. The van der Waals surface area contributed by atoms with E-state index in [-0.39, 0.29) is 5.91 Å². The van der Waals surface area contributed by atoms with Crippen LogP contribution in [0.2, 0.25) is 10.0 Å². The molecule has 0 unspecified atom stereocenters. The molecule has 1 aliphatic heterocycles. The lowest BCUT2D eigenvalue weighted by atomic mass is 9.95. The molecular weight excluding hydrogens is 477 g/mol. The highest BCUT2D eigenvalue weighted by Crippen LogP contribution is 2.29. The van der Waals surface area contributed by atoms with Crippen LogP contribution in [0.5, 0.6) is 5.75 Å². The molecule has 0 aliphatic carbocycles. The number of hydrogen-bond donors (Lipinski definition) is 0. The average molecular weight is 504 g/mol. The summed E-state index contributed by atoms with van der Waals surface area (Å²) in [7, 11) is 0. The maximum atomic E-state index is 12.6. The van der Waals surface area contributed by atoms with Crippen molar-refractivity contribution in [1.29, 1.82) is 0 Å². The summed E-state index contributed by atoms with van der Waals surface area (Å²) in [4.78, 5) is 19.2. The molecule has 8 heteroatoms. The first-order chi connectivity index (χ1) is 16.1. The van der Waals surface area contributed by atoms with Crippen molar-refractivity contribution in [2.75, 3.05) is 31.2 Å². The van der Waals surface area contributed by atoms with Crippen molar-refractivity contribution in [3.63, 3.8) is 0 Å². The molecule has 2 aromatic carbocycles.